The van der Waals surface area contributed by atoms with Crippen LogP contribution in [0.3, 0.4) is 0 Å². The van der Waals surface area contributed by atoms with Gasteiger partial charge in [0.1, 0.15) is 5.82 Å². The van der Waals surface area contributed by atoms with E-state index in [2.05, 4.69) is 27.2 Å². The van der Waals surface area contributed by atoms with Crippen LogP contribution in [-0.2, 0) is 0 Å². The normalized spacial score (nSPS) is 17.1. The number of thioether (sulfide) groups is 1. The lowest BCUT2D eigenvalue weighted by Crippen LogP contribution is -2.34. The van der Waals surface area contributed by atoms with Crippen LogP contribution in [0.2, 0.25) is 0 Å². The van der Waals surface area contributed by atoms with Crippen molar-refractivity contribution in [2.75, 3.05) is 37.8 Å². The summed E-state index contributed by atoms with van der Waals surface area (Å²) < 4.78 is 0. The van der Waals surface area contributed by atoms with Crippen molar-refractivity contribution in [2.45, 2.75) is 18.0 Å². The summed E-state index contributed by atoms with van der Waals surface area (Å²) in [7, 11) is 2.12. The maximum atomic E-state index is 4.52. The summed E-state index contributed by atoms with van der Waals surface area (Å²) in [5.41, 5.74) is 0. The number of nitrogens with zero attached hydrogens (tertiary/aromatic N) is 3. The zero-order valence-corrected chi connectivity index (χ0v) is 11.3. The summed E-state index contributed by atoms with van der Waals surface area (Å²) in [6, 6.07) is 1.99. The van der Waals surface area contributed by atoms with E-state index in [1.807, 2.05) is 18.5 Å². The monoisotopic (exact) mass is 252 g/mol. The third kappa shape index (κ3) is 3.57. The maximum absolute atomic E-state index is 4.52. The molecule has 0 bridgehead atoms. The third-order valence-corrected chi connectivity index (χ3v) is 3.75. The van der Waals surface area contributed by atoms with E-state index in [1.54, 1.807) is 11.8 Å². The van der Waals surface area contributed by atoms with Crippen LogP contribution in [0.15, 0.2) is 17.4 Å². The summed E-state index contributed by atoms with van der Waals surface area (Å²) in [5.74, 6) is 1.82. The highest BCUT2D eigenvalue weighted by Crippen LogP contribution is 2.18. The molecule has 17 heavy (non-hydrogen) atoms. The van der Waals surface area contributed by atoms with Crippen LogP contribution in [0, 0.1) is 5.92 Å². The van der Waals surface area contributed by atoms with Crippen LogP contribution in [0.1, 0.15) is 12.8 Å². The van der Waals surface area contributed by atoms with Crippen LogP contribution in [-0.4, -0.2) is 42.9 Å². The fourth-order valence-electron chi connectivity index (χ4n) is 2.19. The van der Waals surface area contributed by atoms with Crippen LogP contribution in [0.25, 0.3) is 0 Å². The van der Waals surface area contributed by atoms with Gasteiger partial charge in [-0.2, -0.15) is 0 Å². The smallest absolute Gasteiger partial charge is 0.189 e. The molecule has 1 aliphatic rings. The van der Waals surface area contributed by atoms with E-state index in [-0.39, 0.29) is 0 Å². The van der Waals surface area contributed by atoms with E-state index < -0.39 is 0 Å². The summed E-state index contributed by atoms with van der Waals surface area (Å²) >= 11 is 1.59. The first-order valence-corrected chi connectivity index (χ1v) is 7.31. The van der Waals surface area contributed by atoms with Crippen molar-refractivity contribution in [3.05, 3.63) is 12.3 Å². The average molecular weight is 252 g/mol. The van der Waals surface area contributed by atoms with Gasteiger partial charge in [0.15, 0.2) is 5.16 Å². The zero-order valence-electron chi connectivity index (χ0n) is 10.5. The Labute approximate surface area is 107 Å². The van der Waals surface area contributed by atoms with Gasteiger partial charge in [-0.25, -0.2) is 9.97 Å². The maximum Gasteiger partial charge on any atom is 0.189 e. The van der Waals surface area contributed by atoms with Gasteiger partial charge in [-0.15, -0.1) is 0 Å². The highest BCUT2D eigenvalue weighted by atomic mass is 32.2. The molecule has 0 spiro atoms. The van der Waals surface area contributed by atoms with Gasteiger partial charge < -0.3 is 10.2 Å². The number of hydrogen-bond acceptors (Lipinski definition) is 5. The quantitative estimate of drug-likeness (QED) is 0.651. The predicted molar refractivity (Wildman–Crippen MR) is 72.7 cm³/mol. The standard InChI is InChI=1S/C12H20N4S/c1-16(9-10-3-6-13-7-4-10)11-5-8-14-12(15-11)17-2/h5,8,10,13H,3-4,6-7,9H2,1-2H3. The van der Waals surface area contributed by atoms with Crippen molar-refractivity contribution in [3.8, 4) is 0 Å². The molecular formula is C12H20N4S. The number of rotatable bonds is 4. The van der Waals surface area contributed by atoms with Crippen LogP contribution >= 0.6 is 11.8 Å². The zero-order chi connectivity index (χ0) is 12.1. The molecule has 2 rings (SSSR count). The van der Waals surface area contributed by atoms with E-state index in [4.69, 9.17) is 0 Å². The lowest BCUT2D eigenvalue weighted by atomic mass is 9.98. The van der Waals surface area contributed by atoms with Crippen molar-refractivity contribution in [1.29, 1.82) is 0 Å². The number of nitrogens with one attached hydrogen (secondary N) is 1. The molecule has 1 saturated heterocycles. The number of anilines is 1. The summed E-state index contributed by atoms with van der Waals surface area (Å²) in [6.45, 7) is 3.39. The molecule has 1 N–H and O–H groups in total. The van der Waals surface area contributed by atoms with E-state index in [0.29, 0.717) is 0 Å². The van der Waals surface area contributed by atoms with Gasteiger partial charge in [-0.3, -0.25) is 0 Å². The minimum atomic E-state index is 0.786. The Morgan fingerprint density at radius 2 is 2.24 bits per heavy atom. The molecule has 1 aromatic rings. The minimum absolute atomic E-state index is 0.786. The summed E-state index contributed by atoms with van der Waals surface area (Å²) in [6.07, 6.45) is 6.38. The van der Waals surface area contributed by atoms with E-state index in [0.717, 1.165) is 36.5 Å². The summed E-state index contributed by atoms with van der Waals surface area (Å²) in [5, 5.41) is 4.25. The second-order valence-corrected chi connectivity index (χ2v) is 5.25. The second-order valence-electron chi connectivity index (χ2n) is 4.48. The van der Waals surface area contributed by atoms with Crippen molar-refractivity contribution < 1.29 is 0 Å². The lowest BCUT2D eigenvalue weighted by molar-refractivity contribution is 0.377. The van der Waals surface area contributed by atoms with Gasteiger partial charge in [0, 0.05) is 19.8 Å². The number of hydrogen-bond donors (Lipinski definition) is 1. The SMILES string of the molecule is CSc1nccc(N(C)CC2CCNCC2)n1. The Hall–Kier alpha value is -0.810. The molecule has 0 atom stereocenters. The molecule has 4 nitrogen and oxygen atoms in total. The van der Waals surface area contributed by atoms with Gasteiger partial charge >= 0.3 is 0 Å². The molecule has 2 heterocycles. The molecule has 0 saturated carbocycles. The molecule has 1 fully saturated rings. The Morgan fingerprint density at radius 1 is 1.47 bits per heavy atom. The predicted octanol–water partition coefficient (Wildman–Crippen LogP) is 1.63. The first-order valence-electron chi connectivity index (χ1n) is 6.08. The van der Waals surface area contributed by atoms with Gasteiger partial charge in [0.25, 0.3) is 0 Å². The molecule has 5 heteroatoms. The molecule has 0 aliphatic carbocycles. The fraction of sp³-hybridized carbons (Fsp3) is 0.667. The van der Waals surface area contributed by atoms with Gasteiger partial charge in [0.05, 0.1) is 0 Å². The lowest BCUT2D eigenvalue weighted by Gasteiger charge is -2.28. The molecule has 0 aromatic carbocycles. The number of aromatic nitrogens is 2. The Bertz CT molecular complexity index is 352. The van der Waals surface area contributed by atoms with Crippen LogP contribution < -0.4 is 10.2 Å². The van der Waals surface area contributed by atoms with E-state index >= 15 is 0 Å². The molecule has 1 aliphatic heterocycles. The highest BCUT2D eigenvalue weighted by molar-refractivity contribution is 7.98. The summed E-state index contributed by atoms with van der Waals surface area (Å²) in [4.78, 5) is 11.0. The van der Waals surface area contributed by atoms with Crippen molar-refractivity contribution in [2.24, 2.45) is 5.92 Å². The number of piperidine rings is 1. The Kier molecular flexibility index (Phi) is 4.62. The molecule has 0 amide bonds. The Balaban J connectivity index is 1.95. The van der Waals surface area contributed by atoms with Crippen LogP contribution in [0.5, 0.6) is 0 Å². The minimum Gasteiger partial charge on any atom is -0.359 e. The van der Waals surface area contributed by atoms with Gasteiger partial charge in [-0.1, -0.05) is 11.8 Å². The molecule has 0 radical (unpaired) electrons. The van der Waals surface area contributed by atoms with Crippen LogP contribution in [0.4, 0.5) is 5.82 Å². The van der Waals surface area contributed by atoms with E-state index in [9.17, 15) is 0 Å². The van der Waals surface area contributed by atoms with Crippen molar-refractivity contribution in [3.63, 3.8) is 0 Å². The average Bonchev–Trinajstić information content (AvgIpc) is 2.40. The van der Waals surface area contributed by atoms with Gasteiger partial charge in [0.2, 0.25) is 0 Å². The van der Waals surface area contributed by atoms with E-state index in [1.165, 1.54) is 12.8 Å². The molecule has 94 valence electrons. The fourth-order valence-corrected chi connectivity index (χ4v) is 2.54. The largest absolute Gasteiger partial charge is 0.359 e. The topological polar surface area (TPSA) is 41.1 Å². The first kappa shape index (κ1) is 12.6. The molecular weight excluding hydrogens is 232 g/mol. The molecule has 0 unspecified atom stereocenters. The first-order chi connectivity index (χ1) is 8.29. The van der Waals surface area contributed by atoms with Gasteiger partial charge in [-0.05, 0) is 44.2 Å². The van der Waals surface area contributed by atoms with Crippen molar-refractivity contribution in [1.82, 2.24) is 15.3 Å². The van der Waals surface area contributed by atoms with Crippen molar-refractivity contribution >= 4 is 17.6 Å². The second kappa shape index (κ2) is 6.21. The third-order valence-electron chi connectivity index (χ3n) is 3.18. The molecule has 1 aromatic heterocycles. The highest BCUT2D eigenvalue weighted by Gasteiger charge is 2.15. The Morgan fingerprint density at radius 3 is 2.94 bits per heavy atom.